The summed E-state index contributed by atoms with van der Waals surface area (Å²) in [6, 6.07) is 6.01. The largest absolute Gasteiger partial charge is 0.496 e. The summed E-state index contributed by atoms with van der Waals surface area (Å²) in [5.74, 6) is 0.195. The summed E-state index contributed by atoms with van der Waals surface area (Å²) in [4.78, 5) is 11.6. The van der Waals surface area contributed by atoms with Crippen LogP contribution in [0.15, 0.2) is 18.2 Å². The first-order valence-corrected chi connectivity index (χ1v) is 5.76. The number of hydrogen-bond donors (Lipinski definition) is 1. The Balaban J connectivity index is 2.33. The lowest BCUT2D eigenvalue weighted by Crippen LogP contribution is -2.14. The van der Waals surface area contributed by atoms with Gasteiger partial charge >= 0.3 is 5.97 Å². The summed E-state index contributed by atoms with van der Waals surface area (Å²) in [7, 11) is 2.93. The van der Waals surface area contributed by atoms with Crippen molar-refractivity contribution in [3.05, 3.63) is 29.3 Å². The number of nitrogens with one attached hydrogen (secondary N) is 1. The minimum atomic E-state index is -0.360. The molecule has 1 aromatic rings. The van der Waals surface area contributed by atoms with E-state index in [-0.39, 0.29) is 5.97 Å². The van der Waals surface area contributed by atoms with Crippen molar-refractivity contribution in [3.63, 3.8) is 0 Å². The zero-order chi connectivity index (χ0) is 12.3. The van der Waals surface area contributed by atoms with Crippen LogP contribution in [-0.2, 0) is 4.74 Å². The Labute approximate surface area is 101 Å². The number of carbonyl (C=O) groups excluding carboxylic acids is 1. The summed E-state index contributed by atoms with van der Waals surface area (Å²) in [5.41, 5.74) is 1.60. The van der Waals surface area contributed by atoms with E-state index in [0.29, 0.717) is 17.4 Å². The number of methoxy groups -OCH3 is 2. The lowest BCUT2D eigenvalue weighted by atomic mass is 10.0. The van der Waals surface area contributed by atoms with Crippen molar-refractivity contribution in [2.75, 3.05) is 20.8 Å². The quantitative estimate of drug-likeness (QED) is 0.813. The third kappa shape index (κ3) is 2.42. The molecular formula is C13H17NO3. The molecule has 1 aromatic carbocycles. The topological polar surface area (TPSA) is 47.6 Å². The van der Waals surface area contributed by atoms with Crippen LogP contribution >= 0.6 is 0 Å². The molecule has 92 valence electrons. The van der Waals surface area contributed by atoms with E-state index in [2.05, 4.69) is 5.32 Å². The van der Waals surface area contributed by atoms with Crippen LogP contribution in [-0.4, -0.2) is 26.7 Å². The average molecular weight is 235 g/mol. The summed E-state index contributed by atoms with van der Waals surface area (Å²) in [6.07, 6.45) is 2.27. The van der Waals surface area contributed by atoms with E-state index in [9.17, 15) is 4.79 Å². The highest BCUT2D eigenvalue weighted by atomic mass is 16.5. The van der Waals surface area contributed by atoms with E-state index < -0.39 is 0 Å². The molecule has 0 aliphatic carbocycles. The lowest BCUT2D eigenvalue weighted by molar-refractivity contribution is 0.0597. The predicted molar refractivity (Wildman–Crippen MR) is 64.3 cm³/mol. The van der Waals surface area contributed by atoms with Crippen LogP contribution < -0.4 is 10.1 Å². The van der Waals surface area contributed by atoms with E-state index in [0.717, 1.165) is 18.5 Å². The molecule has 17 heavy (non-hydrogen) atoms. The Morgan fingerprint density at radius 1 is 1.41 bits per heavy atom. The summed E-state index contributed by atoms with van der Waals surface area (Å²) < 4.78 is 9.92. The minimum absolute atomic E-state index is 0.337. The molecule has 1 atom stereocenters. The SMILES string of the molecule is COC(=O)c1cc(C2CCCN2)ccc1OC. The van der Waals surface area contributed by atoms with Gasteiger partial charge in [-0.25, -0.2) is 4.79 Å². The third-order valence-electron chi connectivity index (χ3n) is 3.09. The molecule has 1 N–H and O–H groups in total. The van der Waals surface area contributed by atoms with Crippen LogP contribution in [0.1, 0.15) is 34.8 Å². The van der Waals surface area contributed by atoms with Crippen LogP contribution in [0.4, 0.5) is 0 Å². The molecule has 0 saturated carbocycles. The molecule has 1 aliphatic rings. The van der Waals surface area contributed by atoms with Gasteiger partial charge in [-0.1, -0.05) is 6.07 Å². The molecule has 4 heteroatoms. The standard InChI is InChI=1S/C13H17NO3/c1-16-12-6-5-9(11-4-3-7-14-11)8-10(12)13(15)17-2/h5-6,8,11,14H,3-4,7H2,1-2H3. The molecule has 1 heterocycles. The average Bonchev–Trinajstić information content (AvgIpc) is 2.91. The summed E-state index contributed by atoms with van der Waals surface area (Å²) >= 11 is 0. The van der Waals surface area contributed by atoms with Gasteiger partial charge in [-0.05, 0) is 37.1 Å². The lowest BCUT2D eigenvalue weighted by Gasteiger charge is -2.13. The first-order valence-electron chi connectivity index (χ1n) is 5.76. The highest BCUT2D eigenvalue weighted by molar-refractivity contribution is 5.92. The number of carbonyl (C=O) groups is 1. The van der Waals surface area contributed by atoms with Crippen LogP contribution in [0.2, 0.25) is 0 Å². The van der Waals surface area contributed by atoms with Crippen LogP contribution in [0.3, 0.4) is 0 Å². The van der Waals surface area contributed by atoms with Crippen molar-refractivity contribution in [1.82, 2.24) is 5.32 Å². The Kier molecular flexibility index (Phi) is 3.64. The second kappa shape index (κ2) is 5.19. The summed E-state index contributed by atoms with van der Waals surface area (Å²) in [6.45, 7) is 1.03. The van der Waals surface area contributed by atoms with Gasteiger partial charge in [-0.15, -0.1) is 0 Å². The maximum Gasteiger partial charge on any atom is 0.341 e. The van der Waals surface area contributed by atoms with Gasteiger partial charge in [0.25, 0.3) is 0 Å². The number of esters is 1. The predicted octanol–water partition coefficient (Wildman–Crippen LogP) is 1.91. The van der Waals surface area contributed by atoms with Crippen LogP contribution in [0.25, 0.3) is 0 Å². The van der Waals surface area contributed by atoms with Gasteiger partial charge in [-0.2, -0.15) is 0 Å². The van der Waals surface area contributed by atoms with Crippen molar-refractivity contribution < 1.29 is 14.3 Å². The Morgan fingerprint density at radius 2 is 2.24 bits per heavy atom. The third-order valence-corrected chi connectivity index (χ3v) is 3.09. The fraction of sp³-hybridized carbons (Fsp3) is 0.462. The first-order chi connectivity index (χ1) is 8.26. The number of hydrogen-bond acceptors (Lipinski definition) is 4. The van der Waals surface area contributed by atoms with Crippen molar-refractivity contribution >= 4 is 5.97 Å². The second-order valence-corrected chi connectivity index (χ2v) is 4.10. The van der Waals surface area contributed by atoms with Gasteiger partial charge in [0.1, 0.15) is 11.3 Å². The molecule has 1 fully saturated rings. The van der Waals surface area contributed by atoms with E-state index in [1.54, 1.807) is 7.11 Å². The van der Waals surface area contributed by atoms with Gasteiger partial charge < -0.3 is 14.8 Å². The van der Waals surface area contributed by atoms with Crippen LogP contribution in [0, 0.1) is 0 Å². The molecule has 4 nitrogen and oxygen atoms in total. The van der Waals surface area contributed by atoms with Crippen LogP contribution in [0.5, 0.6) is 5.75 Å². The normalized spacial score (nSPS) is 19.1. The maximum atomic E-state index is 11.6. The van der Waals surface area contributed by atoms with E-state index >= 15 is 0 Å². The summed E-state index contributed by atoms with van der Waals surface area (Å²) in [5, 5.41) is 3.40. The fourth-order valence-electron chi connectivity index (χ4n) is 2.18. The Bertz CT molecular complexity index is 411. The maximum absolute atomic E-state index is 11.6. The highest BCUT2D eigenvalue weighted by Crippen LogP contribution is 2.28. The van der Waals surface area contributed by atoms with Crippen molar-refractivity contribution in [2.24, 2.45) is 0 Å². The van der Waals surface area contributed by atoms with E-state index in [1.807, 2.05) is 18.2 Å². The van der Waals surface area contributed by atoms with Gasteiger partial charge in [0.05, 0.1) is 14.2 Å². The Morgan fingerprint density at radius 3 is 2.82 bits per heavy atom. The molecule has 0 aromatic heterocycles. The van der Waals surface area contributed by atoms with Gasteiger partial charge in [0.2, 0.25) is 0 Å². The number of rotatable bonds is 3. The highest BCUT2D eigenvalue weighted by Gasteiger charge is 2.20. The molecule has 0 bridgehead atoms. The fourth-order valence-corrected chi connectivity index (χ4v) is 2.18. The molecule has 0 spiro atoms. The number of benzene rings is 1. The Hall–Kier alpha value is -1.55. The van der Waals surface area contributed by atoms with Gasteiger partial charge in [-0.3, -0.25) is 0 Å². The van der Waals surface area contributed by atoms with E-state index in [4.69, 9.17) is 9.47 Å². The molecule has 0 radical (unpaired) electrons. The number of ether oxygens (including phenoxy) is 2. The molecule has 1 saturated heterocycles. The molecule has 0 amide bonds. The zero-order valence-electron chi connectivity index (χ0n) is 10.2. The molecule has 1 unspecified atom stereocenters. The van der Waals surface area contributed by atoms with Crippen molar-refractivity contribution in [3.8, 4) is 5.75 Å². The second-order valence-electron chi connectivity index (χ2n) is 4.10. The molecular weight excluding hydrogens is 218 g/mol. The van der Waals surface area contributed by atoms with Crippen molar-refractivity contribution in [2.45, 2.75) is 18.9 Å². The molecule has 1 aliphatic heterocycles. The zero-order valence-corrected chi connectivity index (χ0v) is 10.2. The van der Waals surface area contributed by atoms with Gasteiger partial charge in [0.15, 0.2) is 0 Å². The van der Waals surface area contributed by atoms with Crippen molar-refractivity contribution in [1.29, 1.82) is 0 Å². The van der Waals surface area contributed by atoms with Gasteiger partial charge in [0, 0.05) is 6.04 Å². The monoisotopic (exact) mass is 235 g/mol. The smallest absolute Gasteiger partial charge is 0.341 e. The minimum Gasteiger partial charge on any atom is -0.496 e. The van der Waals surface area contributed by atoms with E-state index in [1.165, 1.54) is 13.5 Å². The molecule has 2 rings (SSSR count). The first kappa shape index (κ1) is 11.9.